The van der Waals surface area contributed by atoms with E-state index in [9.17, 15) is 19.7 Å². The average molecular weight is 267 g/mol. The average Bonchev–Trinajstić information content (AvgIpc) is 2.64. The van der Waals surface area contributed by atoms with Gasteiger partial charge < -0.3 is 5.11 Å². The van der Waals surface area contributed by atoms with Gasteiger partial charge in [0.15, 0.2) is 0 Å². The summed E-state index contributed by atoms with van der Waals surface area (Å²) in [6.45, 7) is -0.170. The van der Waals surface area contributed by atoms with Crippen LogP contribution in [0.25, 0.3) is 0 Å². The van der Waals surface area contributed by atoms with E-state index in [1.807, 2.05) is 0 Å². The van der Waals surface area contributed by atoms with Crippen LogP contribution in [0.2, 0.25) is 0 Å². The van der Waals surface area contributed by atoms with Crippen molar-refractivity contribution in [3.63, 3.8) is 0 Å². The van der Waals surface area contributed by atoms with Crippen LogP contribution >= 0.6 is 0 Å². The molecule has 0 aliphatic heterocycles. The summed E-state index contributed by atoms with van der Waals surface area (Å²) in [6, 6.07) is 0. The third-order valence-corrected chi connectivity index (χ3v) is 3.27. The molecule has 0 amide bonds. The molecule has 1 fully saturated rings. The molecular formula is C13H17NO5. The van der Waals surface area contributed by atoms with Crippen molar-refractivity contribution in [1.29, 1.82) is 0 Å². The van der Waals surface area contributed by atoms with Gasteiger partial charge in [-0.1, -0.05) is 0 Å². The molecule has 1 saturated carbocycles. The Kier molecular flexibility index (Phi) is 6.00. The molecule has 1 aliphatic rings. The van der Waals surface area contributed by atoms with Crippen molar-refractivity contribution in [2.75, 3.05) is 6.54 Å². The quantitative estimate of drug-likeness (QED) is 0.340. The number of ketones is 1. The summed E-state index contributed by atoms with van der Waals surface area (Å²) in [5.41, 5.74) is 0. The van der Waals surface area contributed by atoms with Gasteiger partial charge in [0.2, 0.25) is 6.54 Å². The van der Waals surface area contributed by atoms with Crippen LogP contribution in [0.1, 0.15) is 38.5 Å². The number of Topliss-reactive ketones (excluding diaryl/α,β-unsaturated/α-hetero) is 1. The highest BCUT2D eigenvalue weighted by molar-refractivity contribution is 5.83. The Hall–Kier alpha value is -1.90. The zero-order chi connectivity index (χ0) is 14.3. The minimum atomic E-state index is -0.848. The highest BCUT2D eigenvalue weighted by Crippen LogP contribution is 2.31. The fraction of sp³-hybridized carbons (Fsp3) is 0.692. The molecule has 6 nitrogen and oxygen atoms in total. The van der Waals surface area contributed by atoms with Crippen LogP contribution in [0, 0.1) is 33.8 Å². The molecule has 0 heterocycles. The topological polar surface area (TPSA) is 97.5 Å². The molecule has 0 aromatic rings. The van der Waals surface area contributed by atoms with Crippen LogP contribution in [0.5, 0.6) is 0 Å². The summed E-state index contributed by atoms with van der Waals surface area (Å²) in [5.74, 6) is 4.37. The van der Waals surface area contributed by atoms with E-state index in [1.165, 1.54) is 0 Å². The molecule has 0 saturated heterocycles. The zero-order valence-electron chi connectivity index (χ0n) is 10.6. The second-order valence-electron chi connectivity index (χ2n) is 4.69. The molecular weight excluding hydrogens is 250 g/mol. The number of aliphatic carboxylic acids is 1. The first-order valence-corrected chi connectivity index (χ1v) is 6.32. The number of unbranched alkanes of at least 4 members (excludes halogenated alkanes) is 1. The minimum absolute atomic E-state index is 0.0617. The third-order valence-electron chi connectivity index (χ3n) is 3.27. The second-order valence-corrected chi connectivity index (χ2v) is 4.69. The maximum absolute atomic E-state index is 11.6. The Morgan fingerprint density at radius 2 is 2.21 bits per heavy atom. The Morgan fingerprint density at radius 1 is 1.47 bits per heavy atom. The molecule has 0 aromatic heterocycles. The van der Waals surface area contributed by atoms with E-state index < -0.39 is 5.97 Å². The second kappa shape index (κ2) is 7.52. The summed E-state index contributed by atoms with van der Waals surface area (Å²) < 4.78 is 0. The largest absolute Gasteiger partial charge is 0.481 e. The zero-order valence-corrected chi connectivity index (χ0v) is 10.6. The number of rotatable bonds is 6. The molecule has 19 heavy (non-hydrogen) atoms. The standard InChI is InChI=1S/C13H17NO5/c15-12-8-7-10(9-14(18)19)11(12)5-3-1-2-4-6-13(16)17/h10-11H,2,4-9H2,(H,16,17). The van der Waals surface area contributed by atoms with Gasteiger partial charge in [-0.15, -0.1) is 11.8 Å². The lowest BCUT2D eigenvalue weighted by atomic mass is 9.92. The van der Waals surface area contributed by atoms with Crippen molar-refractivity contribution in [2.45, 2.75) is 38.5 Å². The van der Waals surface area contributed by atoms with E-state index in [4.69, 9.17) is 5.11 Å². The molecule has 0 spiro atoms. The van der Waals surface area contributed by atoms with E-state index >= 15 is 0 Å². The molecule has 104 valence electrons. The minimum Gasteiger partial charge on any atom is -0.481 e. The Bertz CT molecular complexity index is 420. The van der Waals surface area contributed by atoms with Gasteiger partial charge in [-0.05, 0) is 12.8 Å². The maximum Gasteiger partial charge on any atom is 0.303 e. The number of hydrogen-bond donors (Lipinski definition) is 1. The van der Waals surface area contributed by atoms with Gasteiger partial charge in [0.1, 0.15) is 5.78 Å². The highest BCUT2D eigenvalue weighted by Gasteiger charge is 2.36. The number of nitro groups is 1. The van der Waals surface area contributed by atoms with Crippen molar-refractivity contribution < 1.29 is 19.6 Å². The lowest BCUT2D eigenvalue weighted by Gasteiger charge is -2.10. The molecule has 0 aromatic carbocycles. The fourth-order valence-electron chi connectivity index (χ4n) is 2.27. The first-order valence-electron chi connectivity index (χ1n) is 6.32. The number of carbonyl (C=O) groups excluding carboxylic acids is 1. The summed E-state index contributed by atoms with van der Waals surface area (Å²) in [6.07, 6.45) is 2.38. The monoisotopic (exact) mass is 267 g/mol. The van der Waals surface area contributed by atoms with Crippen molar-refractivity contribution in [2.24, 2.45) is 11.8 Å². The molecule has 6 heteroatoms. The van der Waals surface area contributed by atoms with E-state index in [-0.39, 0.29) is 35.5 Å². The van der Waals surface area contributed by atoms with E-state index in [2.05, 4.69) is 11.8 Å². The van der Waals surface area contributed by atoms with Crippen LogP contribution in [-0.4, -0.2) is 28.3 Å². The van der Waals surface area contributed by atoms with Crippen molar-refractivity contribution in [3.05, 3.63) is 10.1 Å². The Labute approximate surface area is 111 Å². The van der Waals surface area contributed by atoms with Crippen LogP contribution in [0.4, 0.5) is 0 Å². The van der Waals surface area contributed by atoms with Gasteiger partial charge in [-0.25, -0.2) is 0 Å². The fourth-order valence-corrected chi connectivity index (χ4v) is 2.27. The molecule has 1 aliphatic carbocycles. The molecule has 0 radical (unpaired) electrons. The summed E-state index contributed by atoms with van der Waals surface area (Å²) in [7, 11) is 0. The number of carbonyl (C=O) groups is 2. The van der Waals surface area contributed by atoms with Crippen LogP contribution in [0.15, 0.2) is 0 Å². The SMILES string of the molecule is O=C(O)CCCC#CCC1C(=O)CCC1C[N+](=O)[O-]. The van der Waals surface area contributed by atoms with E-state index in [0.29, 0.717) is 32.1 Å². The molecule has 1 N–H and O–H groups in total. The highest BCUT2D eigenvalue weighted by atomic mass is 16.6. The number of hydrogen-bond acceptors (Lipinski definition) is 4. The summed E-state index contributed by atoms with van der Waals surface area (Å²) in [5, 5.41) is 18.9. The number of carboxylic acid groups (broad SMARTS) is 1. The predicted octanol–water partition coefficient (Wildman–Crippen LogP) is 1.51. The predicted molar refractivity (Wildman–Crippen MR) is 67.0 cm³/mol. The van der Waals surface area contributed by atoms with Crippen molar-refractivity contribution in [1.82, 2.24) is 0 Å². The molecule has 1 rings (SSSR count). The van der Waals surface area contributed by atoms with Gasteiger partial charge in [-0.2, -0.15) is 0 Å². The van der Waals surface area contributed by atoms with Crippen molar-refractivity contribution in [3.8, 4) is 11.8 Å². The maximum atomic E-state index is 11.6. The van der Waals surface area contributed by atoms with Gasteiger partial charge in [0.05, 0.1) is 0 Å². The normalized spacial score (nSPS) is 21.8. The number of carboxylic acids is 1. The van der Waals surface area contributed by atoms with Crippen molar-refractivity contribution >= 4 is 11.8 Å². The third kappa shape index (κ3) is 5.51. The van der Waals surface area contributed by atoms with Gasteiger partial charge in [0.25, 0.3) is 0 Å². The lowest BCUT2D eigenvalue weighted by Crippen LogP contribution is -2.21. The lowest BCUT2D eigenvalue weighted by molar-refractivity contribution is -0.489. The molecule has 2 unspecified atom stereocenters. The Balaban J connectivity index is 2.37. The van der Waals surface area contributed by atoms with Gasteiger partial charge in [0, 0.05) is 42.4 Å². The van der Waals surface area contributed by atoms with E-state index in [1.54, 1.807) is 0 Å². The first-order chi connectivity index (χ1) is 9.00. The smallest absolute Gasteiger partial charge is 0.303 e. The van der Waals surface area contributed by atoms with Crippen LogP contribution in [-0.2, 0) is 9.59 Å². The molecule has 2 atom stereocenters. The Morgan fingerprint density at radius 3 is 2.84 bits per heavy atom. The number of nitrogens with zero attached hydrogens (tertiary/aromatic N) is 1. The first kappa shape index (κ1) is 15.2. The van der Waals surface area contributed by atoms with E-state index in [0.717, 1.165) is 0 Å². The van der Waals surface area contributed by atoms with Crippen LogP contribution in [0.3, 0.4) is 0 Å². The summed E-state index contributed by atoms with van der Waals surface area (Å²) >= 11 is 0. The van der Waals surface area contributed by atoms with Crippen LogP contribution < -0.4 is 0 Å². The summed E-state index contributed by atoms with van der Waals surface area (Å²) in [4.78, 5) is 32.0. The molecule has 0 bridgehead atoms. The van der Waals surface area contributed by atoms with Gasteiger partial charge in [-0.3, -0.25) is 19.7 Å². The van der Waals surface area contributed by atoms with Gasteiger partial charge >= 0.3 is 5.97 Å².